The Kier molecular flexibility index (Phi) is 5.86. The first-order chi connectivity index (χ1) is 15.2. The van der Waals surface area contributed by atoms with Gasteiger partial charge in [-0.15, -0.1) is 0 Å². The molecule has 0 radical (unpaired) electrons. The maximum Gasteiger partial charge on any atom is 0.282 e. The van der Waals surface area contributed by atoms with Crippen LogP contribution in [0.15, 0.2) is 42.1 Å². The number of likely N-dealkylation sites (N-methyl/N-ethyl adjacent to an activating group) is 1. The minimum Gasteiger partial charge on any atom is -0.366 e. The predicted molar refractivity (Wildman–Crippen MR) is 120 cm³/mol. The van der Waals surface area contributed by atoms with Gasteiger partial charge in [-0.1, -0.05) is 23.8 Å². The standard InChI is InChI=1S/C25H27F2N3O2/c1-15-5-7-19(16(2)13-15)22-23(29(4)17-9-11-28(3)12-10-17)25(32)30(24(22)31)18-6-8-20(26)21(27)14-18/h5-8,13-14,17H,9-12H2,1-4H3. The van der Waals surface area contributed by atoms with Crippen molar-refractivity contribution < 1.29 is 18.4 Å². The van der Waals surface area contributed by atoms with Crippen LogP contribution in [0.5, 0.6) is 0 Å². The Hall–Kier alpha value is -3.06. The average molecular weight is 440 g/mol. The number of nitrogens with zero attached hydrogens (tertiary/aromatic N) is 3. The van der Waals surface area contributed by atoms with E-state index < -0.39 is 23.4 Å². The summed E-state index contributed by atoms with van der Waals surface area (Å²) in [6.45, 7) is 5.67. The topological polar surface area (TPSA) is 43.9 Å². The van der Waals surface area contributed by atoms with Gasteiger partial charge in [0.25, 0.3) is 11.8 Å². The molecule has 0 unspecified atom stereocenters. The Morgan fingerprint density at radius 2 is 1.62 bits per heavy atom. The molecule has 7 heteroatoms. The second-order valence-electron chi connectivity index (χ2n) is 8.73. The zero-order valence-electron chi connectivity index (χ0n) is 18.8. The van der Waals surface area contributed by atoms with Crippen molar-refractivity contribution in [2.24, 2.45) is 0 Å². The lowest BCUT2D eigenvalue weighted by molar-refractivity contribution is -0.120. The van der Waals surface area contributed by atoms with Gasteiger partial charge in [0.1, 0.15) is 5.70 Å². The molecule has 0 atom stereocenters. The molecule has 2 aromatic rings. The van der Waals surface area contributed by atoms with Crippen LogP contribution in [0.2, 0.25) is 0 Å². The number of benzene rings is 2. The van der Waals surface area contributed by atoms with Crippen molar-refractivity contribution in [3.8, 4) is 0 Å². The predicted octanol–water partition coefficient (Wildman–Crippen LogP) is 3.89. The van der Waals surface area contributed by atoms with Crippen molar-refractivity contribution >= 4 is 23.1 Å². The summed E-state index contributed by atoms with van der Waals surface area (Å²) in [6, 6.07) is 8.90. The lowest BCUT2D eigenvalue weighted by Gasteiger charge is -2.36. The van der Waals surface area contributed by atoms with Crippen LogP contribution in [-0.2, 0) is 9.59 Å². The fourth-order valence-electron chi connectivity index (χ4n) is 4.61. The van der Waals surface area contributed by atoms with Crippen LogP contribution in [-0.4, -0.2) is 54.8 Å². The summed E-state index contributed by atoms with van der Waals surface area (Å²) in [6.07, 6.45) is 1.73. The molecule has 2 aromatic carbocycles. The van der Waals surface area contributed by atoms with Crippen molar-refractivity contribution in [3.05, 3.63) is 70.4 Å². The summed E-state index contributed by atoms with van der Waals surface area (Å²) in [5, 5.41) is 0. The van der Waals surface area contributed by atoms with Crippen LogP contribution >= 0.6 is 0 Å². The molecule has 2 aliphatic rings. The van der Waals surface area contributed by atoms with Crippen molar-refractivity contribution in [3.63, 3.8) is 0 Å². The Morgan fingerprint density at radius 1 is 0.938 bits per heavy atom. The summed E-state index contributed by atoms with van der Waals surface area (Å²) < 4.78 is 27.5. The molecule has 5 nitrogen and oxygen atoms in total. The number of amides is 2. The third-order valence-electron chi connectivity index (χ3n) is 6.46. The molecule has 0 spiro atoms. The van der Waals surface area contributed by atoms with E-state index in [9.17, 15) is 18.4 Å². The van der Waals surface area contributed by atoms with Crippen LogP contribution in [0.3, 0.4) is 0 Å². The van der Waals surface area contributed by atoms with E-state index in [1.807, 2.05) is 44.0 Å². The van der Waals surface area contributed by atoms with Crippen molar-refractivity contribution in [2.45, 2.75) is 32.7 Å². The monoisotopic (exact) mass is 439 g/mol. The van der Waals surface area contributed by atoms with Gasteiger partial charge in [-0.3, -0.25) is 9.59 Å². The second kappa shape index (κ2) is 8.47. The molecule has 2 heterocycles. The fraction of sp³-hybridized carbons (Fsp3) is 0.360. The van der Waals surface area contributed by atoms with Gasteiger partial charge < -0.3 is 9.80 Å². The van der Waals surface area contributed by atoms with Crippen LogP contribution in [0.1, 0.15) is 29.5 Å². The van der Waals surface area contributed by atoms with E-state index in [1.54, 1.807) is 0 Å². The highest BCUT2D eigenvalue weighted by Gasteiger charge is 2.43. The number of carbonyl (C=O) groups is 2. The van der Waals surface area contributed by atoms with Gasteiger partial charge in [-0.05, 0) is 70.1 Å². The smallest absolute Gasteiger partial charge is 0.282 e. The lowest BCUT2D eigenvalue weighted by Crippen LogP contribution is -2.43. The van der Waals surface area contributed by atoms with E-state index in [2.05, 4.69) is 11.9 Å². The van der Waals surface area contributed by atoms with E-state index in [0.717, 1.165) is 54.1 Å². The van der Waals surface area contributed by atoms with Gasteiger partial charge in [0.2, 0.25) is 0 Å². The number of carbonyl (C=O) groups excluding carboxylic acids is 2. The van der Waals surface area contributed by atoms with Gasteiger partial charge in [0.05, 0.1) is 11.3 Å². The highest BCUT2D eigenvalue weighted by molar-refractivity contribution is 6.45. The van der Waals surface area contributed by atoms with Gasteiger partial charge in [-0.25, -0.2) is 13.7 Å². The first-order valence-corrected chi connectivity index (χ1v) is 10.8. The number of anilines is 1. The molecule has 0 bridgehead atoms. The van der Waals surface area contributed by atoms with E-state index in [0.29, 0.717) is 16.8 Å². The molecule has 32 heavy (non-hydrogen) atoms. The highest BCUT2D eigenvalue weighted by atomic mass is 19.2. The van der Waals surface area contributed by atoms with Crippen LogP contribution in [0.4, 0.5) is 14.5 Å². The zero-order valence-corrected chi connectivity index (χ0v) is 18.8. The lowest BCUT2D eigenvalue weighted by atomic mass is 9.96. The number of hydrogen-bond acceptors (Lipinski definition) is 4. The summed E-state index contributed by atoms with van der Waals surface area (Å²) in [5.74, 6) is -3.17. The van der Waals surface area contributed by atoms with Crippen LogP contribution in [0.25, 0.3) is 5.57 Å². The fourth-order valence-corrected chi connectivity index (χ4v) is 4.61. The van der Waals surface area contributed by atoms with Crippen LogP contribution < -0.4 is 4.90 Å². The normalized spacial score (nSPS) is 18.1. The summed E-state index contributed by atoms with van der Waals surface area (Å²) in [5.41, 5.74) is 3.23. The number of imide groups is 1. The Morgan fingerprint density at radius 3 is 2.25 bits per heavy atom. The Labute approximate surface area is 186 Å². The van der Waals surface area contributed by atoms with Gasteiger partial charge in [0.15, 0.2) is 11.6 Å². The molecule has 0 saturated carbocycles. The molecule has 168 valence electrons. The first-order valence-electron chi connectivity index (χ1n) is 10.8. The quantitative estimate of drug-likeness (QED) is 0.678. The summed E-state index contributed by atoms with van der Waals surface area (Å²) >= 11 is 0. The molecule has 1 saturated heterocycles. The molecule has 0 aliphatic carbocycles. The number of likely N-dealkylation sites (tertiary alicyclic amines) is 1. The van der Waals surface area contributed by atoms with E-state index in [1.165, 1.54) is 6.07 Å². The number of halogens is 2. The maximum atomic E-state index is 13.9. The first kappa shape index (κ1) is 22.1. The van der Waals surface area contributed by atoms with Crippen LogP contribution in [0, 0.1) is 25.5 Å². The minimum absolute atomic E-state index is 0.0212. The number of rotatable bonds is 4. The van der Waals surface area contributed by atoms with Gasteiger partial charge in [0, 0.05) is 19.2 Å². The molecular weight excluding hydrogens is 412 g/mol. The second-order valence-corrected chi connectivity index (χ2v) is 8.73. The largest absolute Gasteiger partial charge is 0.366 e. The van der Waals surface area contributed by atoms with Crippen molar-refractivity contribution in [1.82, 2.24) is 9.80 Å². The molecule has 2 amide bonds. The summed E-state index contributed by atoms with van der Waals surface area (Å²) in [7, 11) is 3.90. The van der Waals surface area contributed by atoms with Gasteiger partial charge in [-0.2, -0.15) is 0 Å². The minimum atomic E-state index is -1.10. The molecule has 1 fully saturated rings. The van der Waals surface area contributed by atoms with Crippen molar-refractivity contribution in [2.75, 3.05) is 32.1 Å². The molecule has 4 rings (SSSR count). The van der Waals surface area contributed by atoms with E-state index in [4.69, 9.17) is 0 Å². The number of aryl methyl sites for hydroxylation is 2. The molecule has 2 aliphatic heterocycles. The Bertz CT molecular complexity index is 1120. The zero-order chi connectivity index (χ0) is 23.2. The number of hydrogen-bond donors (Lipinski definition) is 0. The molecular formula is C25H27F2N3O2. The molecule has 0 N–H and O–H groups in total. The Balaban J connectivity index is 1.83. The van der Waals surface area contributed by atoms with E-state index in [-0.39, 0.29) is 11.7 Å². The SMILES string of the molecule is Cc1ccc(C2=C(N(C)C3CCN(C)CC3)C(=O)N(c3ccc(F)c(F)c3)C2=O)c(C)c1. The third-order valence-corrected chi connectivity index (χ3v) is 6.46. The number of piperidine rings is 1. The van der Waals surface area contributed by atoms with Crippen molar-refractivity contribution in [1.29, 1.82) is 0 Å². The summed E-state index contributed by atoms with van der Waals surface area (Å²) in [4.78, 5) is 32.3. The average Bonchev–Trinajstić information content (AvgIpc) is 3.00. The highest BCUT2D eigenvalue weighted by Crippen LogP contribution is 2.37. The third kappa shape index (κ3) is 3.81. The van der Waals surface area contributed by atoms with Gasteiger partial charge >= 0.3 is 0 Å². The molecule has 0 aromatic heterocycles. The van der Waals surface area contributed by atoms with E-state index >= 15 is 0 Å². The maximum absolute atomic E-state index is 13.9.